The molecule has 0 saturated carbocycles. The van der Waals surface area contributed by atoms with E-state index in [1.807, 2.05) is 44.2 Å². The maximum Gasteiger partial charge on any atom is 0.180 e. The molecule has 5 heteroatoms. The van der Waals surface area contributed by atoms with Gasteiger partial charge in [-0.1, -0.05) is 28.9 Å². The van der Waals surface area contributed by atoms with E-state index < -0.39 is 0 Å². The van der Waals surface area contributed by atoms with Crippen molar-refractivity contribution in [2.45, 2.75) is 13.8 Å². The summed E-state index contributed by atoms with van der Waals surface area (Å²) in [5, 5.41) is 4.50. The molecule has 0 aliphatic carbocycles. The van der Waals surface area contributed by atoms with Gasteiger partial charge in [-0.3, -0.25) is 0 Å². The summed E-state index contributed by atoms with van der Waals surface area (Å²) < 4.78 is 10.9. The Balaban J connectivity index is 2.22. The molecule has 0 bridgehead atoms. The number of nitrogen functional groups attached to an aromatic ring is 1. The first-order valence-electron chi connectivity index (χ1n) is 6.14. The SMILES string of the molecule is Cc1cc(-c2onc(N)c2-c2cccc(Cl)c2)c(C)o1. The highest BCUT2D eigenvalue weighted by atomic mass is 35.5. The molecule has 0 saturated heterocycles. The quantitative estimate of drug-likeness (QED) is 0.756. The van der Waals surface area contributed by atoms with Crippen molar-refractivity contribution >= 4 is 17.4 Å². The van der Waals surface area contributed by atoms with Crippen LogP contribution >= 0.6 is 11.6 Å². The first-order chi connectivity index (χ1) is 9.56. The average Bonchev–Trinajstić information content (AvgIpc) is 2.92. The number of anilines is 1. The van der Waals surface area contributed by atoms with Crippen LogP contribution < -0.4 is 5.73 Å². The summed E-state index contributed by atoms with van der Waals surface area (Å²) in [4.78, 5) is 0. The minimum Gasteiger partial charge on any atom is -0.466 e. The number of halogens is 1. The predicted molar refractivity (Wildman–Crippen MR) is 78.5 cm³/mol. The fourth-order valence-corrected chi connectivity index (χ4v) is 2.46. The Morgan fingerprint density at radius 2 is 2.00 bits per heavy atom. The van der Waals surface area contributed by atoms with Crippen molar-refractivity contribution in [1.82, 2.24) is 5.16 Å². The Kier molecular flexibility index (Phi) is 3.03. The largest absolute Gasteiger partial charge is 0.466 e. The van der Waals surface area contributed by atoms with Gasteiger partial charge in [0, 0.05) is 5.02 Å². The lowest BCUT2D eigenvalue weighted by molar-refractivity contribution is 0.434. The number of nitrogens with two attached hydrogens (primary N) is 1. The number of nitrogens with zero attached hydrogens (tertiary/aromatic N) is 1. The Morgan fingerprint density at radius 3 is 2.65 bits per heavy atom. The van der Waals surface area contributed by atoms with Gasteiger partial charge in [-0.05, 0) is 37.6 Å². The highest BCUT2D eigenvalue weighted by Crippen LogP contribution is 2.39. The molecule has 0 radical (unpaired) electrons. The van der Waals surface area contributed by atoms with Crippen LogP contribution in [0.1, 0.15) is 11.5 Å². The van der Waals surface area contributed by atoms with E-state index in [-0.39, 0.29) is 0 Å². The first kappa shape index (κ1) is 12.8. The highest BCUT2D eigenvalue weighted by molar-refractivity contribution is 6.30. The minimum absolute atomic E-state index is 0.334. The van der Waals surface area contributed by atoms with E-state index in [2.05, 4.69) is 5.16 Å². The van der Waals surface area contributed by atoms with Crippen molar-refractivity contribution in [2.75, 3.05) is 5.73 Å². The zero-order valence-electron chi connectivity index (χ0n) is 11.1. The van der Waals surface area contributed by atoms with Crippen molar-refractivity contribution < 1.29 is 8.94 Å². The molecule has 0 amide bonds. The number of hydrogen-bond acceptors (Lipinski definition) is 4. The number of benzene rings is 1. The van der Waals surface area contributed by atoms with E-state index in [0.29, 0.717) is 16.6 Å². The van der Waals surface area contributed by atoms with E-state index in [1.165, 1.54) is 0 Å². The zero-order chi connectivity index (χ0) is 14.3. The van der Waals surface area contributed by atoms with Gasteiger partial charge in [0.1, 0.15) is 11.5 Å². The smallest absolute Gasteiger partial charge is 0.180 e. The predicted octanol–water partition coefficient (Wildman–Crippen LogP) is 4.45. The third kappa shape index (κ3) is 2.08. The molecule has 20 heavy (non-hydrogen) atoms. The molecule has 0 spiro atoms. The molecule has 0 aliphatic rings. The molecule has 0 fully saturated rings. The molecule has 102 valence electrons. The van der Waals surface area contributed by atoms with Crippen molar-refractivity contribution in [3.05, 3.63) is 46.9 Å². The van der Waals surface area contributed by atoms with Gasteiger partial charge >= 0.3 is 0 Å². The second-order valence-corrected chi connectivity index (χ2v) is 5.05. The second kappa shape index (κ2) is 4.72. The summed E-state index contributed by atoms with van der Waals surface area (Å²) in [6.45, 7) is 3.76. The Bertz CT molecular complexity index is 774. The van der Waals surface area contributed by atoms with Gasteiger partial charge in [0.15, 0.2) is 11.6 Å². The molecule has 1 aromatic carbocycles. The van der Waals surface area contributed by atoms with Gasteiger partial charge in [-0.2, -0.15) is 0 Å². The van der Waals surface area contributed by atoms with E-state index in [4.69, 9.17) is 26.3 Å². The molecule has 0 atom stereocenters. The van der Waals surface area contributed by atoms with Crippen LogP contribution in [0.3, 0.4) is 0 Å². The minimum atomic E-state index is 0.334. The van der Waals surface area contributed by atoms with Crippen LogP contribution in [0.15, 0.2) is 39.3 Å². The van der Waals surface area contributed by atoms with Crippen molar-refractivity contribution in [2.24, 2.45) is 0 Å². The summed E-state index contributed by atoms with van der Waals surface area (Å²) in [6, 6.07) is 9.32. The number of rotatable bonds is 2. The third-order valence-electron chi connectivity index (χ3n) is 3.12. The first-order valence-corrected chi connectivity index (χ1v) is 6.52. The maximum absolute atomic E-state index is 6.04. The molecule has 3 aromatic rings. The van der Waals surface area contributed by atoms with Gasteiger partial charge < -0.3 is 14.7 Å². The maximum atomic E-state index is 6.04. The fraction of sp³-hybridized carbons (Fsp3) is 0.133. The van der Waals surface area contributed by atoms with E-state index in [9.17, 15) is 0 Å². The summed E-state index contributed by atoms with van der Waals surface area (Å²) in [5.41, 5.74) is 8.39. The van der Waals surface area contributed by atoms with Crippen molar-refractivity contribution in [3.8, 4) is 22.5 Å². The number of aryl methyl sites for hydroxylation is 2. The normalized spacial score (nSPS) is 10.9. The second-order valence-electron chi connectivity index (χ2n) is 4.61. The summed E-state index contributed by atoms with van der Waals surface area (Å²) >= 11 is 6.04. The van der Waals surface area contributed by atoms with Gasteiger partial charge in [-0.25, -0.2) is 0 Å². The molecule has 0 aliphatic heterocycles. The molecule has 2 heterocycles. The van der Waals surface area contributed by atoms with E-state index in [1.54, 1.807) is 0 Å². The molecular formula is C15H13ClN2O2. The van der Waals surface area contributed by atoms with Crippen LogP contribution in [0.25, 0.3) is 22.5 Å². The van der Waals surface area contributed by atoms with Gasteiger partial charge in [-0.15, -0.1) is 0 Å². The monoisotopic (exact) mass is 288 g/mol. The summed E-state index contributed by atoms with van der Waals surface area (Å²) in [5.74, 6) is 2.51. The van der Waals surface area contributed by atoms with Crippen LogP contribution in [-0.4, -0.2) is 5.16 Å². The molecule has 2 aromatic heterocycles. The Labute approximate surface area is 121 Å². The van der Waals surface area contributed by atoms with E-state index >= 15 is 0 Å². The van der Waals surface area contributed by atoms with Gasteiger partial charge in [0.2, 0.25) is 0 Å². The fourth-order valence-electron chi connectivity index (χ4n) is 2.27. The summed E-state index contributed by atoms with van der Waals surface area (Å²) in [7, 11) is 0. The number of aromatic nitrogens is 1. The average molecular weight is 289 g/mol. The van der Waals surface area contributed by atoms with Crippen molar-refractivity contribution in [1.29, 1.82) is 0 Å². The lowest BCUT2D eigenvalue weighted by Gasteiger charge is -2.02. The number of hydrogen-bond donors (Lipinski definition) is 1. The van der Waals surface area contributed by atoms with Crippen molar-refractivity contribution in [3.63, 3.8) is 0 Å². The van der Waals surface area contributed by atoms with Crippen LogP contribution in [0, 0.1) is 13.8 Å². The lowest BCUT2D eigenvalue weighted by atomic mass is 10.0. The third-order valence-corrected chi connectivity index (χ3v) is 3.35. The lowest BCUT2D eigenvalue weighted by Crippen LogP contribution is -1.89. The van der Waals surface area contributed by atoms with Crippen LogP contribution in [0.4, 0.5) is 5.82 Å². The van der Waals surface area contributed by atoms with Crippen LogP contribution in [-0.2, 0) is 0 Å². The topological polar surface area (TPSA) is 65.2 Å². The van der Waals surface area contributed by atoms with Crippen LogP contribution in [0.2, 0.25) is 5.02 Å². The highest BCUT2D eigenvalue weighted by Gasteiger charge is 2.21. The van der Waals surface area contributed by atoms with Crippen LogP contribution in [0.5, 0.6) is 0 Å². The molecule has 0 unspecified atom stereocenters. The van der Waals surface area contributed by atoms with Gasteiger partial charge in [0.25, 0.3) is 0 Å². The summed E-state index contributed by atoms with van der Waals surface area (Å²) in [6.07, 6.45) is 0. The Morgan fingerprint density at radius 1 is 1.20 bits per heavy atom. The molecule has 4 nitrogen and oxygen atoms in total. The molecule has 3 rings (SSSR count). The molecule has 2 N–H and O–H groups in total. The molecular weight excluding hydrogens is 276 g/mol. The standard InChI is InChI=1S/C15H13ClN2O2/c1-8-6-12(9(2)19-8)14-13(15(17)18-20-14)10-4-3-5-11(16)7-10/h3-7H,1-2H3,(H2,17,18). The van der Waals surface area contributed by atoms with Gasteiger partial charge in [0.05, 0.1) is 11.1 Å². The Hall–Kier alpha value is -2.20. The van der Waals surface area contributed by atoms with E-state index in [0.717, 1.165) is 28.2 Å². The number of furan rings is 1. The zero-order valence-corrected chi connectivity index (χ0v) is 11.9.